The van der Waals surface area contributed by atoms with E-state index in [2.05, 4.69) is 36.4 Å². The van der Waals surface area contributed by atoms with E-state index in [0.29, 0.717) is 0 Å². The fraction of sp³-hybridized carbons (Fsp3) is 0.375. The maximum atomic E-state index is 12.0. The van der Waals surface area contributed by atoms with Crippen LogP contribution < -0.4 is 5.73 Å². The van der Waals surface area contributed by atoms with Gasteiger partial charge in [-0.15, -0.1) is 11.8 Å². The van der Waals surface area contributed by atoms with E-state index < -0.39 is 17.3 Å². The van der Waals surface area contributed by atoms with Crippen molar-refractivity contribution in [2.45, 2.75) is 74.0 Å². The van der Waals surface area contributed by atoms with Crippen molar-refractivity contribution < 1.29 is 19.4 Å². The van der Waals surface area contributed by atoms with Crippen molar-refractivity contribution in [1.29, 1.82) is 0 Å². The van der Waals surface area contributed by atoms with Gasteiger partial charge >= 0.3 is 5.97 Å². The average Bonchev–Trinajstić information content (AvgIpc) is 2.93. The molecule has 3 aromatic rings. The third-order valence-electron chi connectivity index (χ3n) is 6.68. The molecule has 5 nitrogen and oxygen atoms in total. The molecule has 0 saturated carbocycles. The third-order valence-corrected chi connectivity index (χ3v) is 7.97. The van der Waals surface area contributed by atoms with Crippen molar-refractivity contribution in [1.82, 2.24) is 0 Å². The number of rotatable bonds is 16. The molecule has 0 fully saturated rings. The number of ether oxygens (including phenoxy) is 1. The third kappa shape index (κ3) is 9.66. The number of esters is 1. The van der Waals surface area contributed by atoms with Gasteiger partial charge in [-0.25, -0.2) is 0 Å². The second kappa shape index (κ2) is 16.0. The van der Waals surface area contributed by atoms with Crippen molar-refractivity contribution >= 4 is 23.6 Å². The first-order valence-corrected chi connectivity index (χ1v) is 14.3. The topological polar surface area (TPSA) is 89.6 Å². The predicted octanol–water partition coefficient (Wildman–Crippen LogP) is 6.21. The zero-order valence-corrected chi connectivity index (χ0v) is 23.0. The number of methoxy groups -OCH3 is 1. The fourth-order valence-corrected chi connectivity index (χ4v) is 5.89. The summed E-state index contributed by atoms with van der Waals surface area (Å²) in [4.78, 5) is 24.6. The van der Waals surface area contributed by atoms with Gasteiger partial charge in [0.15, 0.2) is 0 Å². The van der Waals surface area contributed by atoms with Gasteiger partial charge in [0.1, 0.15) is 6.10 Å². The molecule has 3 N–H and O–H groups in total. The highest BCUT2D eigenvalue weighted by atomic mass is 32.2. The first-order chi connectivity index (χ1) is 18.5. The average molecular weight is 534 g/mol. The number of carbonyl (C=O) groups excluding carboxylic acids is 2. The number of unbranched alkanes of at least 4 members (excludes halogenated alkanes) is 5. The number of carbonyl (C=O) groups is 2. The molecule has 202 valence electrons. The van der Waals surface area contributed by atoms with Gasteiger partial charge in [-0.05, 0) is 60.1 Å². The standard InChI is InChI=1S/C32H39NO4S/c1-37-29(34)23-25-17-13-20-27(22-25)38-31(30(35)32(33)36)28-21-12-11-19-26(28)18-10-5-3-2-4-7-14-24-15-8-6-9-16-24/h6,8-9,11-13,15-17,19-22,30-31,35H,2-5,7,10,14,18,23H2,1H3,(H2,33,36)/t30-,31-/m1/s1. The lowest BCUT2D eigenvalue weighted by Crippen LogP contribution is -2.33. The Balaban J connectivity index is 1.57. The second-order valence-corrected chi connectivity index (χ2v) is 10.8. The number of amides is 1. The van der Waals surface area contributed by atoms with Crippen LogP contribution in [0.4, 0.5) is 0 Å². The first-order valence-electron chi connectivity index (χ1n) is 13.4. The SMILES string of the molecule is COC(=O)Cc1cccc(S[C@H](c2ccccc2CCCCCCCCc2ccccc2)[C@@H](O)C(N)=O)c1. The Morgan fingerprint density at radius 2 is 1.45 bits per heavy atom. The van der Waals surface area contributed by atoms with Crippen molar-refractivity contribution in [3.8, 4) is 0 Å². The Morgan fingerprint density at radius 1 is 0.816 bits per heavy atom. The number of hydrogen-bond acceptors (Lipinski definition) is 5. The molecular weight excluding hydrogens is 494 g/mol. The molecule has 38 heavy (non-hydrogen) atoms. The van der Waals surface area contributed by atoms with Gasteiger partial charge in [0.05, 0.1) is 18.8 Å². The second-order valence-electron chi connectivity index (χ2n) is 9.59. The molecule has 3 aromatic carbocycles. The summed E-state index contributed by atoms with van der Waals surface area (Å²) in [5, 5.41) is 10.2. The molecule has 0 aromatic heterocycles. The van der Waals surface area contributed by atoms with E-state index >= 15 is 0 Å². The Kier molecular flexibility index (Phi) is 12.4. The van der Waals surface area contributed by atoms with Crippen molar-refractivity contribution in [2.24, 2.45) is 5.73 Å². The number of nitrogens with two attached hydrogens (primary N) is 1. The number of benzene rings is 3. The molecule has 0 radical (unpaired) electrons. The molecule has 0 aliphatic heterocycles. The minimum absolute atomic E-state index is 0.163. The maximum absolute atomic E-state index is 12.0. The first kappa shape index (κ1) is 29.5. The lowest BCUT2D eigenvalue weighted by Gasteiger charge is -2.24. The van der Waals surface area contributed by atoms with Gasteiger partial charge in [0.25, 0.3) is 0 Å². The van der Waals surface area contributed by atoms with Gasteiger partial charge in [0.2, 0.25) is 5.91 Å². The lowest BCUT2D eigenvalue weighted by atomic mass is 9.96. The smallest absolute Gasteiger partial charge is 0.309 e. The van der Waals surface area contributed by atoms with Crippen LogP contribution in [0.5, 0.6) is 0 Å². The van der Waals surface area contributed by atoms with Gasteiger partial charge in [-0.1, -0.05) is 92.4 Å². The van der Waals surface area contributed by atoms with E-state index in [1.54, 1.807) is 0 Å². The van der Waals surface area contributed by atoms with Gasteiger partial charge in [0, 0.05) is 4.90 Å². The van der Waals surface area contributed by atoms with Gasteiger partial charge < -0.3 is 15.6 Å². The molecule has 0 aliphatic carbocycles. The number of aliphatic hydroxyl groups is 1. The Morgan fingerprint density at radius 3 is 2.16 bits per heavy atom. The van der Waals surface area contributed by atoms with Crippen LogP contribution in [0.15, 0.2) is 83.8 Å². The van der Waals surface area contributed by atoms with Crippen LogP contribution in [-0.4, -0.2) is 30.2 Å². The molecule has 0 spiro atoms. The number of hydrogen-bond donors (Lipinski definition) is 2. The summed E-state index contributed by atoms with van der Waals surface area (Å²) in [6.07, 6.45) is 7.93. The van der Waals surface area contributed by atoms with Crippen LogP contribution in [0.25, 0.3) is 0 Å². The normalized spacial score (nSPS) is 12.6. The minimum atomic E-state index is -1.34. The number of aryl methyl sites for hydroxylation is 2. The molecule has 6 heteroatoms. The lowest BCUT2D eigenvalue weighted by molar-refractivity contribution is -0.139. The summed E-state index contributed by atoms with van der Waals surface area (Å²) in [5.74, 6) is -1.07. The van der Waals surface area contributed by atoms with Gasteiger partial charge in [-0.3, -0.25) is 9.59 Å². The molecule has 0 bridgehead atoms. The van der Waals surface area contributed by atoms with Crippen LogP contribution in [0, 0.1) is 0 Å². The minimum Gasteiger partial charge on any atom is -0.469 e. The highest BCUT2D eigenvalue weighted by Crippen LogP contribution is 2.40. The van der Waals surface area contributed by atoms with E-state index in [0.717, 1.165) is 47.3 Å². The molecule has 0 heterocycles. The zero-order valence-electron chi connectivity index (χ0n) is 22.2. The van der Waals surface area contributed by atoms with Crippen LogP contribution >= 0.6 is 11.8 Å². The highest BCUT2D eigenvalue weighted by molar-refractivity contribution is 7.99. The van der Waals surface area contributed by atoms with E-state index in [9.17, 15) is 14.7 Å². The van der Waals surface area contributed by atoms with Crippen molar-refractivity contribution in [3.63, 3.8) is 0 Å². The molecule has 0 saturated heterocycles. The van der Waals surface area contributed by atoms with Crippen molar-refractivity contribution in [2.75, 3.05) is 7.11 Å². The molecule has 3 rings (SSSR count). The molecule has 2 atom stereocenters. The summed E-state index contributed by atoms with van der Waals surface area (Å²) in [5.41, 5.74) is 9.81. The van der Waals surface area contributed by atoms with Crippen molar-refractivity contribution in [3.05, 3.63) is 101 Å². The Labute approximate surface area is 230 Å². The molecular formula is C32H39NO4S. The van der Waals surface area contributed by atoms with Gasteiger partial charge in [-0.2, -0.15) is 0 Å². The van der Waals surface area contributed by atoms with E-state index in [1.165, 1.54) is 50.1 Å². The largest absolute Gasteiger partial charge is 0.469 e. The van der Waals surface area contributed by atoms with Crippen LogP contribution in [0.3, 0.4) is 0 Å². The molecule has 0 aliphatic rings. The summed E-state index contributed by atoms with van der Waals surface area (Å²) in [6, 6.07) is 26.1. The van der Waals surface area contributed by atoms with Crippen LogP contribution in [0.1, 0.15) is 66.0 Å². The fourth-order valence-electron chi connectivity index (χ4n) is 4.60. The van der Waals surface area contributed by atoms with E-state index in [4.69, 9.17) is 10.5 Å². The van der Waals surface area contributed by atoms with Crippen LogP contribution in [0.2, 0.25) is 0 Å². The van der Waals surface area contributed by atoms with E-state index in [1.807, 2.05) is 42.5 Å². The summed E-state index contributed by atoms with van der Waals surface area (Å²) in [7, 11) is 1.36. The Hall–Kier alpha value is -3.09. The zero-order chi connectivity index (χ0) is 27.2. The number of primary amides is 1. The maximum Gasteiger partial charge on any atom is 0.309 e. The quantitative estimate of drug-likeness (QED) is 0.130. The van der Waals surface area contributed by atoms with E-state index in [-0.39, 0.29) is 12.4 Å². The summed E-state index contributed by atoms with van der Waals surface area (Å²) in [6.45, 7) is 0. The highest BCUT2D eigenvalue weighted by Gasteiger charge is 2.28. The summed E-state index contributed by atoms with van der Waals surface area (Å²) < 4.78 is 4.78. The Bertz CT molecular complexity index is 1150. The number of thioether (sulfide) groups is 1. The summed E-state index contributed by atoms with van der Waals surface area (Å²) >= 11 is 1.39. The monoisotopic (exact) mass is 533 g/mol. The molecule has 1 amide bonds. The molecule has 0 unspecified atom stereocenters. The predicted molar refractivity (Wildman–Crippen MR) is 154 cm³/mol. The van der Waals surface area contributed by atoms with Crippen LogP contribution in [-0.2, 0) is 33.6 Å². The number of aliphatic hydroxyl groups excluding tert-OH is 1.